The second kappa shape index (κ2) is 3.97. The molecule has 0 bridgehead atoms. The molecule has 0 aliphatic heterocycles. The molecule has 0 fully saturated rings. The fraction of sp³-hybridized carbons (Fsp3) is 0.250. The summed E-state index contributed by atoms with van der Waals surface area (Å²) < 4.78 is 0. The first-order valence-electron chi connectivity index (χ1n) is 4.79. The normalized spacial score (nSPS) is 13.0. The van der Waals surface area contributed by atoms with E-state index in [9.17, 15) is 0 Å². The fourth-order valence-corrected chi connectivity index (χ4v) is 1.78. The topological polar surface area (TPSA) is 12.9 Å². The molecule has 14 heavy (non-hydrogen) atoms. The van der Waals surface area contributed by atoms with Gasteiger partial charge in [-0.25, -0.2) is 0 Å². The van der Waals surface area contributed by atoms with Crippen LogP contribution in [0.1, 0.15) is 24.3 Å². The SMILES string of the molecule is CCC(Cl)c1cncc2ccccc12. The van der Waals surface area contributed by atoms with Gasteiger partial charge in [-0.3, -0.25) is 4.98 Å². The van der Waals surface area contributed by atoms with Crippen LogP contribution in [0.2, 0.25) is 0 Å². The van der Waals surface area contributed by atoms with Crippen molar-refractivity contribution in [2.75, 3.05) is 0 Å². The van der Waals surface area contributed by atoms with Gasteiger partial charge in [0.05, 0.1) is 5.38 Å². The van der Waals surface area contributed by atoms with Gasteiger partial charge in [0, 0.05) is 17.8 Å². The molecular weight excluding hydrogens is 194 g/mol. The predicted octanol–water partition coefficient (Wildman–Crippen LogP) is 3.92. The molecule has 2 aromatic rings. The molecule has 0 saturated heterocycles. The van der Waals surface area contributed by atoms with Gasteiger partial charge < -0.3 is 0 Å². The third kappa shape index (κ3) is 1.60. The maximum Gasteiger partial charge on any atom is 0.0603 e. The van der Waals surface area contributed by atoms with Gasteiger partial charge in [-0.05, 0) is 17.4 Å². The molecule has 0 spiro atoms. The van der Waals surface area contributed by atoms with Gasteiger partial charge in [0.25, 0.3) is 0 Å². The Morgan fingerprint density at radius 1 is 1.29 bits per heavy atom. The first-order chi connectivity index (χ1) is 6.83. The first-order valence-corrected chi connectivity index (χ1v) is 5.23. The average molecular weight is 206 g/mol. The van der Waals surface area contributed by atoms with E-state index < -0.39 is 0 Å². The smallest absolute Gasteiger partial charge is 0.0603 e. The zero-order valence-corrected chi connectivity index (χ0v) is 8.83. The van der Waals surface area contributed by atoms with Gasteiger partial charge in [0.2, 0.25) is 0 Å². The molecule has 1 heterocycles. The van der Waals surface area contributed by atoms with Gasteiger partial charge in [0.1, 0.15) is 0 Å². The fourth-order valence-electron chi connectivity index (χ4n) is 1.61. The molecule has 2 rings (SSSR count). The Bertz CT molecular complexity index is 434. The number of benzene rings is 1. The van der Waals surface area contributed by atoms with E-state index in [0.29, 0.717) is 0 Å². The van der Waals surface area contributed by atoms with Crippen molar-refractivity contribution in [2.45, 2.75) is 18.7 Å². The number of rotatable bonds is 2. The second-order valence-corrected chi connectivity index (χ2v) is 3.85. The van der Waals surface area contributed by atoms with Gasteiger partial charge >= 0.3 is 0 Å². The van der Waals surface area contributed by atoms with Crippen molar-refractivity contribution in [3.8, 4) is 0 Å². The Hall–Kier alpha value is -1.08. The molecule has 0 radical (unpaired) electrons. The molecule has 1 aromatic heterocycles. The Labute approximate surface area is 88.7 Å². The average Bonchev–Trinajstić information content (AvgIpc) is 2.27. The summed E-state index contributed by atoms with van der Waals surface area (Å²) in [6.07, 6.45) is 4.67. The molecule has 0 N–H and O–H groups in total. The molecule has 72 valence electrons. The highest BCUT2D eigenvalue weighted by molar-refractivity contribution is 6.21. The number of fused-ring (bicyclic) bond motifs is 1. The number of hydrogen-bond donors (Lipinski definition) is 0. The molecule has 1 nitrogen and oxygen atoms in total. The van der Waals surface area contributed by atoms with E-state index in [4.69, 9.17) is 11.6 Å². The third-order valence-electron chi connectivity index (χ3n) is 2.39. The van der Waals surface area contributed by atoms with Crippen molar-refractivity contribution in [3.05, 3.63) is 42.2 Å². The molecule has 1 unspecified atom stereocenters. The van der Waals surface area contributed by atoms with Gasteiger partial charge in [-0.15, -0.1) is 11.6 Å². The van der Waals surface area contributed by atoms with Crippen LogP contribution in [-0.4, -0.2) is 4.98 Å². The van der Waals surface area contributed by atoms with Gasteiger partial charge in [-0.1, -0.05) is 31.2 Å². The summed E-state index contributed by atoms with van der Waals surface area (Å²) in [7, 11) is 0. The van der Waals surface area contributed by atoms with E-state index in [2.05, 4.69) is 24.0 Å². The lowest BCUT2D eigenvalue weighted by Crippen LogP contribution is -1.91. The lowest BCUT2D eigenvalue weighted by molar-refractivity contribution is 0.885. The van der Waals surface area contributed by atoms with Crippen molar-refractivity contribution < 1.29 is 0 Å². The standard InChI is InChI=1S/C12H12ClN/c1-2-12(13)11-8-14-7-9-5-3-4-6-10(9)11/h3-8,12H,2H2,1H3. The molecule has 1 aromatic carbocycles. The Morgan fingerprint density at radius 2 is 2.07 bits per heavy atom. The van der Waals surface area contributed by atoms with E-state index in [-0.39, 0.29) is 5.38 Å². The van der Waals surface area contributed by atoms with Crippen molar-refractivity contribution in [3.63, 3.8) is 0 Å². The van der Waals surface area contributed by atoms with E-state index in [1.54, 1.807) is 0 Å². The third-order valence-corrected chi connectivity index (χ3v) is 2.94. The summed E-state index contributed by atoms with van der Waals surface area (Å²) in [5.41, 5.74) is 1.13. The first kappa shape index (κ1) is 9.47. The van der Waals surface area contributed by atoms with Gasteiger partial charge in [0.15, 0.2) is 0 Å². The van der Waals surface area contributed by atoms with Crippen LogP contribution in [0, 0.1) is 0 Å². The summed E-state index contributed by atoms with van der Waals surface area (Å²) in [5, 5.41) is 2.43. The summed E-state index contributed by atoms with van der Waals surface area (Å²) >= 11 is 6.23. The minimum Gasteiger partial charge on any atom is -0.264 e. The molecule has 1 atom stereocenters. The Morgan fingerprint density at radius 3 is 2.86 bits per heavy atom. The maximum absolute atomic E-state index is 6.23. The van der Waals surface area contributed by atoms with Crippen molar-refractivity contribution in [1.29, 1.82) is 0 Å². The van der Waals surface area contributed by atoms with E-state index in [0.717, 1.165) is 17.4 Å². The summed E-state index contributed by atoms with van der Waals surface area (Å²) in [6, 6.07) is 8.20. The van der Waals surface area contributed by atoms with Crippen LogP contribution in [0.5, 0.6) is 0 Å². The van der Waals surface area contributed by atoms with Crippen molar-refractivity contribution in [1.82, 2.24) is 4.98 Å². The largest absolute Gasteiger partial charge is 0.264 e. The number of hydrogen-bond acceptors (Lipinski definition) is 1. The predicted molar refractivity (Wildman–Crippen MR) is 60.6 cm³/mol. The van der Waals surface area contributed by atoms with Crippen LogP contribution in [0.3, 0.4) is 0 Å². The second-order valence-electron chi connectivity index (χ2n) is 3.33. The zero-order chi connectivity index (χ0) is 9.97. The van der Waals surface area contributed by atoms with Crippen LogP contribution in [0.15, 0.2) is 36.7 Å². The highest BCUT2D eigenvalue weighted by Gasteiger charge is 2.08. The van der Waals surface area contributed by atoms with Crippen LogP contribution in [0.4, 0.5) is 0 Å². The number of pyridine rings is 1. The van der Waals surface area contributed by atoms with Crippen molar-refractivity contribution in [2.24, 2.45) is 0 Å². The Balaban J connectivity index is 2.65. The van der Waals surface area contributed by atoms with Crippen LogP contribution in [-0.2, 0) is 0 Å². The molecule has 0 amide bonds. The van der Waals surface area contributed by atoms with Crippen molar-refractivity contribution >= 4 is 22.4 Å². The summed E-state index contributed by atoms with van der Waals surface area (Å²) in [6.45, 7) is 2.08. The quantitative estimate of drug-likeness (QED) is 0.678. The maximum atomic E-state index is 6.23. The highest BCUT2D eigenvalue weighted by Crippen LogP contribution is 2.29. The van der Waals surface area contributed by atoms with E-state index in [1.165, 1.54) is 5.39 Å². The Kier molecular flexibility index (Phi) is 2.69. The number of aromatic nitrogens is 1. The zero-order valence-electron chi connectivity index (χ0n) is 8.07. The van der Waals surface area contributed by atoms with E-state index in [1.807, 2.05) is 24.5 Å². The van der Waals surface area contributed by atoms with Crippen LogP contribution < -0.4 is 0 Å². The highest BCUT2D eigenvalue weighted by atomic mass is 35.5. The molecule has 0 aliphatic rings. The van der Waals surface area contributed by atoms with Crippen LogP contribution >= 0.6 is 11.6 Å². The monoisotopic (exact) mass is 205 g/mol. The lowest BCUT2D eigenvalue weighted by Gasteiger charge is -2.09. The van der Waals surface area contributed by atoms with Gasteiger partial charge in [-0.2, -0.15) is 0 Å². The lowest BCUT2D eigenvalue weighted by atomic mass is 10.0. The van der Waals surface area contributed by atoms with E-state index >= 15 is 0 Å². The molecule has 2 heteroatoms. The molecule has 0 aliphatic carbocycles. The number of nitrogens with zero attached hydrogens (tertiary/aromatic N) is 1. The molecule has 0 saturated carbocycles. The number of alkyl halides is 1. The minimum absolute atomic E-state index is 0.0635. The molecular formula is C12H12ClN. The van der Waals surface area contributed by atoms with Crippen LogP contribution in [0.25, 0.3) is 10.8 Å². The summed E-state index contributed by atoms with van der Waals surface area (Å²) in [4.78, 5) is 4.20. The number of halogens is 1. The summed E-state index contributed by atoms with van der Waals surface area (Å²) in [5.74, 6) is 0. The minimum atomic E-state index is 0.0635.